The highest BCUT2D eigenvalue weighted by atomic mass is 32.2. The Balaban J connectivity index is 1.82. The first kappa shape index (κ1) is 22.8. The lowest BCUT2D eigenvalue weighted by Crippen LogP contribution is -2.18. The molecule has 7 nitrogen and oxygen atoms in total. The van der Waals surface area contributed by atoms with Crippen LogP contribution in [0.3, 0.4) is 0 Å². The summed E-state index contributed by atoms with van der Waals surface area (Å²) in [6.45, 7) is 0. The first-order chi connectivity index (χ1) is 14.6. The lowest BCUT2D eigenvalue weighted by molar-refractivity contribution is -0.274. The Morgan fingerprint density at radius 2 is 1.68 bits per heavy atom. The number of sulfonamides is 1. The highest BCUT2D eigenvalue weighted by Gasteiger charge is 2.31. The van der Waals surface area contributed by atoms with Crippen LogP contribution in [0.15, 0.2) is 64.7 Å². The molecule has 0 amide bonds. The van der Waals surface area contributed by atoms with Crippen LogP contribution in [0.4, 0.5) is 24.5 Å². The maximum Gasteiger partial charge on any atom is 0.573 e. The zero-order chi connectivity index (χ0) is 22.6. The molecule has 0 bridgehead atoms. The quantitative estimate of drug-likeness (QED) is 0.587. The fourth-order valence-electron chi connectivity index (χ4n) is 2.71. The SMILES string of the molecule is COC(=O)C1=C(Nc2ccccc2NS(=O)(=O)c2ccc(OC(F)(F)F)cc2)CSC1. The molecular weight excluding hydrogens is 457 g/mol. The Morgan fingerprint density at radius 1 is 1.03 bits per heavy atom. The van der Waals surface area contributed by atoms with Crippen molar-refractivity contribution in [3.63, 3.8) is 0 Å². The molecule has 1 aliphatic heterocycles. The molecule has 0 unspecified atom stereocenters. The first-order valence-electron chi connectivity index (χ1n) is 8.72. The molecule has 2 aromatic rings. The number of hydrogen-bond donors (Lipinski definition) is 2. The summed E-state index contributed by atoms with van der Waals surface area (Å²) in [5.74, 6) is -0.0113. The second-order valence-electron chi connectivity index (χ2n) is 6.24. The normalized spacial score (nSPS) is 14.3. The molecule has 0 spiro atoms. The number of benzene rings is 2. The number of hydrogen-bond acceptors (Lipinski definition) is 7. The predicted octanol–water partition coefficient (Wildman–Crippen LogP) is 3.97. The number of para-hydroxylation sites is 2. The van der Waals surface area contributed by atoms with E-state index in [0.717, 1.165) is 24.3 Å². The van der Waals surface area contributed by atoms with Crippen molar-refractivity contribution in [2.45, 2.75) is 11.3 Å². The summed E-state index contributed by atoms with van der Waals surface area (Å²) in [7, 11) is -2.82. The van der Waals surface area contributed by atoms with E-state index in [-0.39, 0.29) is 10.6 Å². The molecule has 0 aliphatic carbocycles. The van der Waals surface area contributed by atoms with E-state index in [4.69, 9.17) is 4.74 Å². The molecule has 2 N–H and O–H groups in total. The van der Waals surface area contributed by atoms with E-state index in [0.29, 0.717) is 28.5 Å². The number of rotatable bonds is 7. The second-order valence-corrected chi connectivity index (χ2v) is 8.90. The van der Waals surface area contributed by atoms with Crippen LogP contribution in [0.25, 0.3) is 0 Å². The van der Waals surface area contributed by atoms with Crippen LogP contribution >= 0.6 is 11.8 Å². The fraction of sp³-hybridized carbons (Fsp3) is 0.211. The average Bonchev–Trinajstić information content (AvgIpc) is 3.16. The lowest BCUT2D eigenvalue weighted by atomic mass is 10.2. The Kier molecular flexibility index (Phi) is 6.70. The molecule has 0 fully saturated rings. The monoisotopic (exact) mass is 474 g/mol. The minimum Gasteiger partial charge on any atom is -0.466 e. The van der Waals surface area contributed by atoms with Gasteiger partial charge in [0.1, 0.15) is 5.75 Å². The van der Waals surface area contributed by atoms with Crippen LogP contribution in [0.1, 0.15) is 0 Å². The largest absolute Gasteiger partial charge is 0.573 e. The first-order valence-corrected chi connectivity index (χ1v) is 11.4. The lowest BCUT2D eigenvalue weighted by Gasteiger charge is -2.16. The van der Waals surface area contributed by atoms with Crippen molar-refractivity contribution in [3.8, 4) is 5.75 Å². The van der Waals surface area contributed by atoms with Crippen LogP contribution in [-0.2, 0) is 19.6 Å². The predicted molar refractivity (Wildman–Crippen MR) is 110 cm³/mol. The Labute approximate surface area is 180 Å². The number of anilines is 2. The molecule has 2 aromatic carbocycles. The summed E-state index contributed by atoms with van der Waals surface area (Å²) in [5.41, 5.74) is 1.68. The maximum absolute atomic E-state index is 12.7. The molecule has 166 valence electrons. The van der Waals surface area contributed by atoms with Crippen molar-refractivity contribution in [2.24, 2.45) is 0 Å². The number of carbonyl (C=O) groups is 1. The molecule has 0 saturated heterocycles. The average molecular weight is 474 g/mol. The van der Waals surface area contributed by atoms with Crippen LogP contribution in [0.5, 0.6) is 5.75 Å². The van der Waals surface area contributed by atoms with Gasteiger partial charge in [-0.05, 0) is 36.4 Å². The standard InChI is InChI=1S/C19H17F3N2O5S2/c1-28-18(25)14-10-30-11-17(14)23-15-4-2-3-5-16(15)24-31(26,27)13-8-6-12(7-9-13)29-19(20,21)22/h2-9,23-24H,10-11H2,1H3. The molecule has 0 atom stereocenters. The molecule has 1 heterocycles. The molecule has 0 saturated carbocycles. The van der Waals surface area contributed by atoms with Gasteiger partial charge in [-0.15, -0.1) is 13.2 Å². The summed E-state index contributed by atoms with van der Waals surface area (Å²) in [4.78, 5) is 11.7. The maximum atomic E-state index is 12.7. The van der Waals surface area contributed by atoms with Crippen molar-refractivity contribution in [1.29, 1.82) is 0 Å². The van der Waals surface area contributed by atoms with Gasteiger partial charge in [0.2, 0.25) is 0 Å². The number of methoxy groups -OCH3 is 1. The Hall–Kier alpha value is -2.86. The highest BCUT2D eigenvalue weighted by Crippen LogP contribution is 2.31. The van der Waals surface area contributed by atoms with Crippen molar-refractivity contribution in [3.05, 3.63) is 59.8 Å². The van der Waals surface area contributed by atoms with E-state index in [1.54, 1.807) is 18.2 Å². The highest BCUT2D eigenvalue weighted by molar-refractivity contribution is 8.00. The van der Waals surface area contributed by atoms with E-state index in [9.17, 15) is 26.4 Å². The van der Waals surface area contributed by atoms with Crippen molar-refractivity contribution < 1.29 is 35.9 Å². The van der Waals surface area contributed by atoms with Crippen LogP contribution < -0.4 is 14.8 Å². The van der Waals surface area contributed by atoms with Gasteiger partial charge in [-0.3, -0.25) is 4.72 Å². The zero-order valence-corrected chi connectivity index (χ0v) is 17.7. The summed E-state index contributed by atoms with van der Waals surface area (Å²) in [5, 5.41) is 3.07. The van der Waals surface area contributed by atoms with Gasteiger partial charge in [-0.25, -0.2) is 13.2 Å². The second kappa shape index (κ2) is 9.10. The number of thioether (sulfide) groups is 1. The molecule has 3 rings (SSSR count). The van der Waals surface area contributed by atoms with Crippen molar-refractivity contribution in [1.82, 2.24) is 0 Å². The van der Waals surface area contributed by atoms with Gasteiger partial charge < -0.3 is 14.8 Å². The molecule has 0 radical (unpaired) electrons. The third kappa shape index (κ3) is 5.85. The zero-order valence-electron chi connectivity index (χ0n) is 16.0. The minimum absolute atomic E-state index is 0.201. The number of alkyl halides is 3. The minimum atomic E-state index is -4.88. The van der Waals surface area contributed by atoms with Gasteiger partial charge >= 0.3 is 12.3 Å². The number of nitrogens with one attached hydrogen (secondary N) is 2. The van der Waals surface area contributed by atoms with Gasteiger partial charge in [0.15, 0.2) is 0 Å². The number of esters is 1. The Morgan fingerprint density at radius 3 is 2.29 bits per heavy atom. The van der Waals surface area contributed by atoms with Crippen molar-refractivity contribution in [2.75, 3.05) is 28.7 Å². The summed E-state index contributed by atoms with van der Waals surface area (Å²) >= 11 is 1.51. The van der Waals surface area contributed by atoms with Crippen LogP contribution in [-0.4, -0.2) is 39.4 Å². The van der Waals surface area contributed by atoms with E-state index < -0.39 is 28.1 Å². The third-order valence-corrected chi connectivity index (χ3v) is 6.48. The third-order valence-electron chi connectivity index (χ3n) is 4.11. The molecule has 0 aromatic heterocycles. The van der Waals surface area contributed by atoms with E-state index in [2.05, 4.69) is 14.8 Å². The van der Waals surface area contributed by atoms with Gasteiger partial charge in [0.25, 0.3) is 10.0 Å². The smallest absolute Gasteiger partial charge is 0.466 e. The molecular formula is C19H17F3N2O5S2. The summed E-state index contributed by atoms with van der Waals surface area (Å²) in [6.07, 6.45) is -4.88. The molecule has 31 heavy (non-hydrogen) atoms. The summed E-state index contributed by atoms with van der Waals surface area (Å²) in [6, 6.07) is 10.3. The van der Waals surface area contributed by atoms with Gasteiger partial charge in [0, 0.05) is 17.2 Å². The topological polar surface area (TPSA) is 93.7 Å². The van der Waals surface area contributed by atoms with E-state index >= 15 is 0 Å². The molecule has 1 aliphatic rings. The van der Waals surface area contributed by atoms with E-state index in [1.165, 1.54) is 24.9 Å². The van der Waals surface area contributed by atoms with Crippen LogP contribution in [0, 0.1) is 0 Å². The van der Waals surface area contributed by atoms with Gasteiger partial charge in [-0.1, -0.05) is 12.1 Å². The number of halogens is 3. The van der Waals surface area contributed by atoms with Gasteiger partial charge in [0.05, 0.1) is 29.0 Å². The van der Waals surface area contributed by atoms with Gasteiger partial charge in [-0.2, -0.15) is 11.8 Å². The number of carbonyl (C=O) groups excluding carboxylic acids is 1. The molecule has 12 heteroatoms. The Bertz CT molecular complexity index is 1100. The van der Waals surface area contributed by atoms with Crippen molar-refractivity contribution >= 4 is 39.1 Å². The number of ether oxygens (including phenoxy) is 2. The fourth-order valence-corrected chi connectivity index (χ4v) is 4.84. The summed E-state index contributed by atoms with van der Waals surface area (Å²) < 4.78 is 73.2. The van der Waals surface area contributed by atoms with E-state index in [1.807, 2.05) is 0 Å². The van der Waals surface area contributed by atoms with Crippen LogP contribution in [0.2, 0.25) is 0 Å².